The molecular weight excluding hydrogens is 397 g/mol. The Bertz CT molecular complexity index is 1110. The SMILES string of the molecule is COC(=O)C[C@H](O)CC(=O)/C=C\c1c(-c2ccc(F)cc2)c2ccccc2n1C(C)C. The normalized spacial score (nSPS) is 12.6. The van der Waals surface area contributed by atoms with Gasteiger partial charge in [0.25, 0.3) is 0 Å². The smallest absolute Gasteiger partial charge is 0.308 e. The van der Waals surface area contributed by atoms with E-state index in [0.29, 0.717) is 0 Å². The van der Waals surface area contributed by atoms with Crippen LogP contribution in [0.1, 0.15) is 38.4 Å². The highest BCUT2D eigenvalue weighted by Crippen LogP contribution is 2.37. The number of fused-ring (bicyclic) bond motifs is 1. The van der Waals surface area contributed by atoms with Crippen molar-refractivity contribution in [2.45, 2.75) is 38.8 Å². The lowest BCUT2D eigenvalue weighted by molar-refractivity contribution is -0.143. The van der Waals surface area contributed by atoms with Crippen LogP contribution in [0.5, 0.6) is 0 Å². The quantitative estimate of drug-likeness (QED) is 0.412. The lowest BCUT2D eigenvalue weighted by Gasteiger charge is -2.14. The van der Waals surface area contributed by atoms with Gasteiger partial charge in [0.1, 0.15) is 5.82 Å². The average molecular weight is 423 g/mol. The summed E-state index contributed by atoms with van der Waals surface area (Å²) in [6, 6.07) is 14.3. The summed E-state index contributed by atoms with van der Waals surface area (Å²) in [4.78, 5) is 23.7. The van der Waals surface area contributed by atoms with Crippen molar-refractivity contribution in [2.75, 3.05) is 7.11 Å². The predicted molar refractivity (Wildman–Crippen MR) is 119 cm³/mol. The van der Waals surface area contributed by atoms with Crippen LogP contribution in [0.3, 0.4) is 0 Å². The second-order valence-electron chi connectivity index (χ2n) is 7.69. The molecule has 3 rings (SSSR count). The molecule has 31 heavy (non-hydrogen) atoms. The molecule has 1 atom stereocenters. The maximum absolute atomic E-state index is 13.5. The van der Waals surface area contributed by atoms with Gasteiger partial charge in [0.05, 0.1) is 25.3 Å². The first-order chi connectivity index (χ1) is 14.8. The number of nitrogens with zero attached hydrogens (tertiary/aromatic N) is 1. The van der Waals surface area contributed by atoms with Gasteiger partial charge in [-0.2, -0.15) is 0 Å². The number of methoxy groups -OCH3 is 1. The molecule has 0 aliphatic rings. The number of aliphatic hydroxyl groups excluding tert-OH is 1. The topological polar surface area (TPSA) is 68.5 Å². The number of carbonyl (C=O) groups is 2. The number of aliphatic hydroxyl groups is 1. The van der Waals surface area contributed by atoms with Crippen LogP contribution in [0.15, 0.2) is 54.6 Å². The summed E-state index contributed by atoms with van der Waals surface area (Å²) in [5, 5.41) is 10.9. The lowest BCUT2D eigenvalue weighted by atomic mass is 10.0. The number of halogens is 1. The number of benzene rings is 2. The Balaban J connectivity index is 2.04. The van der Waals surface area contributed by atoms with Crippen molar-refractivity contribution in [3.05, 3.63) is 66.1 Å². The molecule has 0 spiro atoms. The zero-order chi connectivity index (χ0) is 22.5. The van der Waals surface area contributed by atoms with E-state index in [2.05, 4.69) is 23.2 Å². The number of esters is 1. The van der Waals surface area contributed by atoms with Crippen LogP contribution in [-0.4, -0.2) is 34.6 Å². The molecule has 3 aromatic rings. The third-order valence-corrected chi connectivity index (χ3v) is 5.09. The summed E-state index contributed by atoms with van der Waals surface area (Å²) in [6.45, 7) is 4.11. The highest BCUT2D eigenvalue weighted by Gasteiger charge is 2.19. The summed E-state index contributed by atoms with van der Waals surface area (Å²) in [5.74, 6) is -1.19. The molecule has 0 fully saturated rings. The summed E-state index contributed by atoms with van der Waals surface area (Å²) in [6.07, 6.45) is 1.63. The Labute approximate surface area is 180 Å². The first kappa shape index (κ1) is 22.4. The van der Waals surface area contributed by atoms with Gasteiger partial charge in [-0.15, -0.1) is 0 Å². The Morgan fingerprint density at radius 3 is 2.42 bits per heavy atom. The zero-order valence-electron chi connectivity index (χ0n) is 17.8. The minimum Gasteiger partial charge on any atom is -0.469 e. The molecule has 5 nitrogen and oxygen atoms in total. The Hall–Kier alpha value is -3.25. The van der Waals surface area contributed by atoms with E-state index < -0.39 is 12.1 Å². The van der Waals surface area contributed by atoms with Gasteiger partial charge in [-0.1, -0.05) is 30.3 Å². The first-order valence-corrected chi connectivity index (χ1v) is 10.2. The van der Waals surface area contributed by atoms with Crippen molar-refractivity contribution in [1.82, 2.24) is 4.57 Å². The first-order valence-electron chi connectivity index (χ1n) is 10.2. The molecule has 1 heterocycles. The minimum absolute atomic E-state index is 0.110. The molecule has 0 bridgehead atoms. The molecule has 0 saturated carbocycles. The Morgan fingerprint density at radius 2 is 1.77 bits per heavy atom. The predicted octanol–water partition coefficient (Wildman–Crippen LogP) is 4.92. The number of hydrogen-bond donors (Lipinski definition) is 1. The Kier molecular flexibility index (Phi) is 7.02. The monoisotopic (exact) mass is 423 g/mol. The number of hydrogen-bond acceptors (Lipinski definition) is 4. The fourth-order valence-corrected chi connectivity index (χ4v) is 3.74. The molecule has 0 saturated heterocycles. The standard InChI is InChI=1S/C25H26FNO4/c1-16(2)27-22-7-5-4-6-21(22)25(17-8-10-18(26)11-9-17)23(27)13-12-19(28)14-20(29)15-24(30)31-3/h4-13,16,20,29H,14-15H2,1-3H3/b13-12-/t20-/m1/s1. The summed E-state index contributed by atoms with van der Waals surface area (Å²) in [5.41, 5.74) is 3.58. The number of ether oxygens (including phenoxy) is 1. The highest BCUT2D eigenvalue weighted by atomic mass is 19.1. The van der Waals surface area contributed by atoms with Crippen LogP contribution in [-0.2, 0) is 14.3 Å². The van der Waals surface area contributed by atoms with E-state index in [9.17, 15) is 19.1 Å². The largest absolute Gasteiger partial charge is 0.469 e. The number of rotatable bonds is 8. The molecule has 0 amide bonds. The van der Waals surface area contributed by atoms with Crippen molar-refractivity contribution in [1.29, 1.82) is 0 Å². The van der Waals surface area contributed by atoms with Crippen LogP contribution in [0.2, 0.25) is 0 Å². The van der Waals surface area contributed by atoms with E-state index in [1.165, 1.54) is 25.3 Å². The van der Waals surface area contributed by atoms with E-state index in [0.717, 1.165) is 27.7 Å². The Morgan fingerprint density at radius 1 is 1.10 bits per heavy atom. The van der Waals surface area contributed by atoms with Gasteiger partial charge in [0, 0.05) is 28.9 Å². The molecule has 1 aromatic heterocycles. The average Bonchev–Trinajstić information content (AvgIpc) is 3.07. The second-order valence-corrected chi connectivity index (χ2v) is 7.69. The lowest BCUT2D eigenvalue weighted by Crippen LogP contribution is -2.17. The van der Waals surface area contributed by atoms with Crippen LogP contribution in [0.25, 0.3) is 28.1 Å². The van der Waals surface area contributed by atoms with Crippen molar-refractivity contribution >= 4 is 28.7 Å². The van der Waals surface area contributed by atoms with Crippen molar-refractivity contribution < 1.29 is 23.8 Å². The van der Waals surface area contributed by atoms with Crippen LogP contribution < -0.4 is 0 Å². The summed E-state index contributed by atoms with van der Waals surface area (Å²) in [7, 11) is 1.23. The number of allylic oxidation sites excluding steroid dienone is 1. The highest BCUT2D eigenvalue weighted by molar-refractivity contribution is 6.03. The fourth-order valence-electron chi connectivity index (χ4n) is 3.74. The molecule has 0 aliphatic carbocycles. The molecule has 1 N–H and O–H groups in total. The molecule has 0 aliphatic heterocycles. The van der Waals surface area contributed by atoms with Gasteiger partial charge in [0.15, 0.2) is 5.78 Å². The molecular formula is C25H26FNO4. The van der Waals surface area contributed by atoms with Gasteiger partial charge in [0.2, 0.25) is 0 Å². The van der Waals surface area contributed by atoms with Gasteiger partial charge >= 0.3 is 5.97 Å². The number of ketones is 1. The van der Waals surface area contributed by atoms with E-state index in [1.807, 2.05) is 24.3 Å². The fraction of sp³-hybridized carbons (Fsp3) is 0.280. The molecule has 162 valence electrons. The number of carbonyl (C=O) groups excluding carboxylic acids is 2. The van der Waals surface area contributed by atoms with Gasteiger partial charge in [-0.25, -0.2) is 4.39 Å². The van der Waals surface area contributed by atoms with E-state index in [-0.39, 0.29) is 30.5 Å². The summed E-state index contributed by atoms with van der Waals surface area (Å²) < 4.78 is 20.2. The van der Waals surface area contributed by atoms with Crippen LogP contribution in [0, 0.1) is 5.82 Å². The van der Waals surface area contributed by atoms with Crippen molar-refractivity contribution in [3.63, 3.8) is 0 Å². The summed E-state index contributed by atoms with van der Waals surface area (Å²) >= 11 is 0. The van der Waals surface area contributed by atoms with E-state index in [1.54, 1.807) is 18.2 Å². The van der Waals surface area contributed by atoms with Gasteiger partial charge in [-0.05, 0) is 49.8 Å². The maximum atomic E-state index is 13.5. The van der Waals surface area contributed by atoms with E-state index >= 15 is 0 Å². The number of para-hydroxylation sites is 1. The maximum Gasteiger partial charge on any atom is 0.308 e. The molecule has 6 heteroatoms. The van der Waals surface area contributed by atoms with Crippen LogP contribution in [0.4, 0.5) is 4.39 Å². The third kappa shape index (κ3) is 5.09. The molecule has 0 radical (unpaired) electrons. The van der Waals surface area contributed by atoms with Crippen molar-refractivity contribution in [3.8, 4) is 11.1 Å². The molecule has 0 unspecified atom stereocenters. The third-order valence-electron chi connectivity index (χ3n) is 5.09. The zero-order valence-corrected chi connectivity index (χ0v) is 17.8. The second kappa shape index (κ2) is 9.71. The molecule has 2 aromatic carbocycles. The van der Waals surface area contributed by atoms with Crippen molar-refractivity contribution in [2.24, 2.45) is 0 Å². The van der Waals surface area contributed by atoms with Gasteiger partial charge in [-0.3, -0.25) is 9.59 Å². The van der Waals surface area contributed by atoms with Crippen LogP contribution >= 0.6 is 0 Å². The van der Waals surface area contributed by atoms with E-state index in [4.69, 9.17) is 0 Å². The van der Waals surface area contributed by atoms with Gasteiger partial charge < -0.3 is 14.4 Å². The minimum atomic E-state index is -1.10. The number of aromatic nitrogens is 1.